The van der Waals surface area contributed by atoms with E-state index in [2.05, 4.69) is 64.9 Å². The molecule has 3 heteroatoms. The molecule has 2 heterocycles. The molecule has 2 nitrogen and oxygen atoms in total. The van der Waals surface area contributed by atoms with Crippen LogP contribution in [0, 0.1) is 6.92 Å². The van der Waals surface area contributed by atoms with Crippen LogP contribution >= 0.6 is 11.3 Å². The Morgan fingerprint density at radius 2 is 2.00 bits per heavy atom. The van der Waals surface area contributed by atoms with Gasteiger partial charge in [0.2, 0.25) is 0 Å². The van der Waals surface area contributed by atoms with Crippen molar-refractivity contribution >= 4 is 26.7 Å². The van der Waals surface area contributed by atoms with Crippen LogP contribution in [0.3, 0.4) is 0 Å². The van der Waals surface area contributed by atoms with Gasteiger partial charge in [-0.25, -0.2) is 9.47 Å². The molecule has 0 fully saturated rings. The van der Waals surface area contributed by atoms with Gasteiger partial charge in [0, 0.05) is 6.42 Å². The van der Waals surface area contributed by atoms with E-state index in [1.165, 1.54) is 26.5 Å². The number of aromatic nitrogens is 1. The summed E-state index contributed by atoms with van der Waals surface area (Å²) in [6.07, 6.45) is 1.12. The molecule has 21 heavy (non-hydrogen) atoms. The van der Waals surface area contributed by atoms with Gasteiger partial charge < -0.3 is 0 Å². The maximum Gasteiger partial charge on any atom is 0.337 e. The highest BCUT2D eigenvalue weighted by atomic mass is 32.1. The second-order valence-electron chi connectivity index (χ2n) is 5.73. The zero-order valence-corrected chi connectivity index (χ0v) is 13.1. The van der Waals surface area contributed by atoms with Crippen molar-refractivity contribution in [3.63, 3.8) is 0 Å². The summed E-state index contributed by atoms with van der Waals surface area (Å²) in [5, 5.41) is 1.42. The van der Waals surface area contributed by atoms with Gasteiger partial charge in [0.1, 0.15) is 18.6 Å². The fourth-order valence-corrected chi connectivity index (χ4v) is 4.40. The molecule has 0 bridgehead atoms. The average Bonchev–Trinajstić information content (AvgIpc) is 3.04. The summed E-state index contributed by atoms with van der Waals surface area (Å²) in [7, 11) is 0. The van der Waals surface area contributed by atoms with Crippen LogP contribution in [0.4, 0.5) is 5.13 Å². The second-order valence-corrected chi connectivity index (χ2v) is 6.74. The van der Waals surface area contributed by atoms with E-state index in [0.717, 1.165) is 26.1 Å². The summed E-state index contributed by atoms with van der Waals surface area (Å²) in [6, 6.07) is 17.6. The quantitative estimate of drug-likeness (QED) is 0.670. The number of anilines is 1. The number of rotatable bonds is 3. The van der Waals surface area contributed by atoms with Gasteiger partial charge >= 0.3 is 5.13 Å². The van der Waals surface area contributed by atoms with Crippen molar-refractivity contribution < 1.29 is 4.57 Å². The van der Waals surface area contributed by atoms with Crippen LogP contribution < -0.4 is 9.47 Å². The number of hydrogen-bond donors (Lipinski definition) is 0. The molecular formula is C18H19N2S+. The maximum atomic E-state index is 2.53. The van der Waals surface area contributed by atoms with Gasteiger partial charge in [-0.05, 0) is 41.5 Å². The normalized spacial score (nSPS) is 13.9. The van der Waals surface area contributed by atoms with E-state index < -0.39 is 0 Å². The van der Waals surface area contributed by atoms with E-state index >= 15 is 0 Å². The molecule has 1 aliphatic rings. The number of hydrogen-bond acceptors (Lipinski definition) is 2. The molecule has 1 aromatic heterocycles. The van der Waals surface area contributed by atoms with E-state index in [1.807, 2.05) is 11.3 Å². The van der Waals surface area contributed by atoms with Crippen molar-refractivity contribution in [3.05, 3.63) is 59.7 Å². The van der Waals surface area contributed by atoms with Crippen LogP contribution in [0.2, 0.25) is 0 Å². The third-order valence-corrected chi connectivity index (χ3v) is 5.42. The molecule has 0 spiro atoms. The summed E-state index contributed by atoms with van der Waals surface area (Å²) >= 11 is 1.93. The third kappa shape index (κ3) is 2.32. The molecular weight excluding hydrogens is 276 g/mol. The highest BCUT2D eigenvalue weighted by Crippen LogP contribution is 2.30. The van der Waals surface area contributed by atoms with Gasteiger partial charge in [0.05, 0.1) is 11.2 Å². The first-order chi connectivity index (χ1) is 10.3. The number of aryl methyl sites for hydroxylation is 1. The SMILES string of the molecule is Cc1ccc2c(c1)sc1[n+]2CCN1CCc1ccccc1. The average molecular weight is 295 g/mol. The van der Waals surface area contributed by atoms with E-state index in [4.69, 9.17) is 0 Å². The molecule has 0 N–H and O–H groups in total. The summed E-state index contributed by atoms with van der Waals surface area (Å²) in [5.74, 6) is 0. The highest BCUT2D eigenvalue weighted by molar-refractivity contribution is 7.21. The van der Waals surface area contributed by atoms with Crippen LogP contribution in [0.15, 0.2) is 48.5 Å². The standard InChI is InChI=1S/C18H19N2S/c1-14-7-8-16-17(13-14)21-18-19(11-12-20(16)18)10-9-15-5-3-2-4-6-15/h2-8,13H,9-12H2,1H3/q+1. The molecule has 4 rings (SSSR count). The summed E-state index contributed by atoms with van der Waals surface area (Å²) in [4.78, 5) is 2.53. The number of benzene rings is 2. The molecule has 0 aliphatic carbocycles. The Kier molecular flexibility index (Phi) is 3.15. The predicted molar refractivity (Wildman–Crippen MR) is 89.1 cm³/mol. The summed E-state index contributed by atoms with van der Waals surface area (Å²) < 4.78 is 3.89. The van der Waals surface area contributed by atoms with Gasteiger partial charge in [-0.2, -0.15) is 0 Å². The van der Waals surface area contributed by atoms with Crippen LogP contribution in [0.5, 0.6) is 0 Å². The minimum absolute atomic E-state index is 1.11. The zero-order valence-electron chi connectivity index (χ0n) is 12.2. The van der Waals surface area contributed by atoms with Crippen molar-refractivity contribution in [1.82, 2.24) is 0 Å². The van der Waals surface area contributed by atoms with Gasteiger partial charge in [0.15, 0.2) is 0 Å². The van der Waals surface area contributed by atoms with Crippen molar-refractivity contribution in [2.45, 2.75) is 19.9 Å². The molecule has 0 atom stereocenters. The lowest BCUT2D eigenvalue weighted by Gasteiger charge is -2.08. The van der Waals surface area contributed by atoms with E-state index in [0.29, 0.717) is 0 Å². The van der Waals surface area contributed by atoms with Crippen molar-refractivity contribution in [2.75, 3.05) is 18.0 Å². The van der Waals surface area contributed by atoms with Crippen LogP contribution in [0.1, 0.15) is 11.1 Å². The molecule has 0 saturated heterocycles. The van der Waals surface area contributed by atoms with Crippen molar-refractivity contribution in [3.8, 4) is 0 Å². The maximum absolute atomic E-state index is 2.53. The fourth-order valence-electron chi connectivity index (χ4n) is 3.07. The smallest absolute Gasteiger partial charge is 0.248 e. The molecule has 1 aliphatic heterocycles. The molecule has 0 saturated carbocycles. The first-order valence-corrected chi connectivity index (χ1v) is 8.35. The Labute approximate surface area is 129 Å². The zero-order chi connectivity index (χ0) is 14.2. The minimum Gasteiger partial charge on any atom is -0.248 e. The van der Waals surface area contributed by atoms with Gasteiger partial charge in [0.25, 0.3) is 0 Å². The first kappa shape index (κ1) is 12.8. The molecule has 0 radical (unpaired) electrons. The molecule has 0 unspecified atom stereocenters. The first-order valence-electron chi connectivity index (χ1n) is 7.53. The van der Waals surface area contributed by atoms with Gasteiger partial charge in [-0.15, -0.1) is 0 Å². The topological polar surface area (TPSA) is 7.12 Å². The second kappa shape index (κ2) is 5.15. The summed E-state index contributed by atoms with van der Waals surface area (Å²) in [5.41, 5.74) is 4.16. The number of thiazole rings is 1. The lowest BCUT2D eigenvalue weighted by molar-refractivity contribution is -0.641. The van der Waals surface area contributed by atoms with E-state index in [9.17, 15) is 0 Å². The van der Waals surface area contributed by atoms with Crippen LogP contribution in [0.25, 0.3) is 10.2 Å². The van der Waals surface area contributed by atoms with Crippen LogP contribution in [-0.2, 0) is 13.0 Å². The highest BCUT2D eigenvalue weighted by Gasteiger charge is 2.31. The monoisotopic (exact) mass is 295 g/mol. The molecule has 3 aromatic rings. The Morgan fingerprint density at radius 1 is 1.14 bits per heavy atom. The molecule has 0 amide bonds. The number of fused-ring (bicyclic) bond motifs is 3. The lowest BCUT2D eigenvalue weighted by Crippen LogP contribution is -2.29. The van der Waals surface area contributed by atoms with Crippen molar-refractivity contribution in [2.24, 2.45) is 0 Å². The van der Waals surface area contributed by atoms with E-state index in [-0.39, 0.29) is 0 Å². The van der Waals surface area contributed by atoms with E-state index in [1.54, 1.807) is 0 Å². The largest absolute Gasteiger partial charge is 0.337 e. The Bertz CT molecular complexity index is 777. The fraction of sp³-hybridized carbons (Fsp3) is 0.278. The van der Waals surface area contributed by atoms with Crippen LogP contribution in [-0.4, -0.2) is 13.1 Å². The summed E-state index contributed by atoms with van der Waals surface area (Å²) in [6.45, 7) is 5.54. The molecule has 2 aromatic carbocycles. The number of nitrogens with zero attached hydrogens (tertiary/aromatic N) is 2. The Balaban J connectivity index is 1.59. The van der Waals surface area contributed by atoms with Crippen molar-refractivity contribution in [1.29, 1.82) is 0 Å². The minimum atomic E-state index is 1.11. The Morgan fingerprint density at radius 3 is 2.86 bits per heavy atom. The lowest BCUT2D eigenvalue weighted by atomic mass is 10.1. The van der Waals surface area contributed by atoms with Gasteiger partial charge in [-0.1, -0.05) is 36.4 Å². The van der Waals surface area contributed by atoms with Gasteiger partial charge in [-0.3, -0.25) is 0 Å². The third-order valence-electron chi connectivity index (χ3n) is 4.22. The predicted octanol–water partition coefficient (Wildman–Crippen LogP) is 3.56. The Hall–Kier alpha value is -1.87. The molecule has 106 valence electrons.